The highest BCUT2D eigenvalue weighted by Gasteiger charge is 2.40. The maximum Gasteiger partial charge on any atom is 0.409 e. The smallest absolute Gasteiger partial charge is 0.409 e. The van der Waals surface area contributed by atoms with Crippen LogP contribution in [0.4, 0.5) is 13.2 Å². The Labute approximate surface area is 96.5 Å². The molecule has 0 aliphatic heterocycles. The van der Waals surface area contributed by atoms with Crippen molar-refractivity contribution in [1.82, 2.24) is 5.43 Å². The molecule has 0 aliphatic rings. The van der Waals surface area contributed by atoms with Gasteiger partial charge in [-0.1, -0.05) is 0 Å². The molecule has 96 valence electrons. The maximum absolute atomic E-state index is 12.7. The Hall–Kier alpha value is -1.47. The number of rotatable bonds is 4. The van der Waals surface area contributed by atoms with E-state index in [0.717, 1.165) is 0 Å². The monoisotopic (exact) mass is 250 g/mol. The predicted octanol–water partition coefficient (Wildman–Crippen LogP) is 1.77. The van der Waals surface area contributed by atoms with Crippen LogP contribution >= 0.6 is 0 Å². The summed E-state index contributed by atoms with van der Waals surface area (Å²) >= 11 is 0. The van der Waals surface area contributed by atoms with E-state index in [2.05, 4.69) is 0 Å². The van der Waals surface area contributed by atoms with Crippen LogP contribution in [0, 0.1) is 0 Å². The Bertz CT molecular complexity index is 360. The average Bonchev–Trinajstić information content (AvgIpc) is 2.27. The number of ether oxygens (including phenoxy) is 2. The Balaban J connectivity index is 3.19. The molecule has 0 spiro atoms. The topological polar surface area (TPSA) is 56.5 Å². The van der Waals surface area contributed by atoms with E-state index in [1.54, 1.807) is 5.43 Å². The Morgan fingerprint density at radius 3 is 1.88 bits per heavy atom. The quantitative estimate of drug-likeness (QED) is 0.631. The van der Waals surface area contributed by atoms with Gasteiger partial charge in [0.25, 0.3) is 0 Å². The minimum atomic E-state index is -4.49. The van der Waals surface area contributed by atoms with Crippen LogP contribution in [0.1, 0.15) is 11.6 Å². The summed E-state index contributed by atoms with van der Waals surface area (Å²) in [4.78, 5) is 0. The van der Waals surface area contributed by atoms with Crippen LogP contribution in [0.2, 0.25) is 0 Å². The van der Waals surface area contributed by atoms with E-state index in [0.29, 0.717) is 0 Å². The number of hydrogen-bond donors (Lipinski definition) is 2. The standard InChI is InChI=1S/C10H13F3N2O2/c1-16-7-3-6(4-8(5-7)17-2)9(15-14)10(11,12)13/h3-5,9,15H,14H2,1-2H3. The zero-order valence-electron chi connectivity index (χ0n) is 9.34. The molecule has 3 N–H and O–H groups in total. The number of nitrogens with one attached hydrogen (secondary N) is 1. The molecule has 0 bridgehead atoms. The predicted molar refractivity (Wildman–Crippen MR) is 55.7 cm³/mol. The van der Waals surface area contributed by atoms with Crippen LogP contribution in [0.25, 0.3) is 0 Å². The van der Waals surface area contributed by atoms with E-state index >= 15 is 0 Å². The first-order valence-corrected chi connectivity index (χ1v) is 4.68. The van der Waals surface area contributed by atoms with Gasteiger partial charge in [0.15, 0.2) is 0 Å². The molecule has 1 atom stereocenters. The van der Waals surface area contributed by atoms with Gasteiger partial charge in [0.2, 0.25) is 0 Å². The fourth-order valence-corrected chi connectivity index (χ4v) is 1.38. The average molecular weight is 250 g/mol. The number of benzene rings is 1. The van der Waals surface area contributed by atoms with E-state index in [4.69, 9.17) is 15.3 Å². The van der Waals surface area contributed by atoms with Crippen LogP contribution in [-0.4, -0.2) is 20.4 Å². The molecule has 1 aromatic rings. The lowest BCUT2D eigenvalue weighted by atomic mass is 10.1. The maximum atomic E-state index is 12.7. The summed E-state index contributed by atoms with van der Waals surface area (Å²) in [5.41, 5.74) is 1.65. The second-order valence-corrected chi connectivity index (χ2v) is 3.29. The van der Waals surface area contributed by atoms with E-state index in [9.17, 15) is 13.2 Å². The lowest BCUT2D eigenvalue weighted by molar-refractivity contribution is -0.157. The van der Waals surface area contributed by atoms with Gasteiger partial charge in [0.1, 0.15) is 17.5 Å². The molecule has 1 unspecified atom stereocenters. The van der Waals surface area contributed by atoms with Crippen molar-refractivity contribution in [1.29, 1.82) is 0 Å². The number of hydrogen-bond acceptors (Lipinski definition) is 4. The second kappa shape index (κ2) is 5.24. The fraction of sp³-hybridized carbons (Fsp3) is 0.400. The molecule has 0 aliphatic carbocycles. The largest absolute Gasteiger partial charge is 0.497 e. The van der Waals surface area contributed by atoms with Crippen molar-refractivity contribution in [2.75, 3.05) is 14.2 Å². The molecule has 1 rings (SSSR count). The summed E-state index contributed by atoms with van der Waals surface area (Å²) in [6.07, 6.45) is -4.49. The van der Waals surface area contributed by atoms with Gasteiger partial charge in [0, 0.05) is 6.07 Å². The van der Waals surface area contributed by atoms with Gasteiger partial charge in [-0.25, -0.2) is 5.43 Å². The third-order valence-corrected chi connectivity index (χ3v) is 2.20. The number of halogens is 3. The summed E-state index contributed by atoms with van der Waals surface area (Å²) in [6.45, 7) is 0. The highest BCUT2D eigenvalue weighted by molar-refractivity contribution is 5.40. The molecular weight excluding hydrogens is 237 g/mol. The van der Waals surface area contributed by atoms with Crippen LogP contribution in [0.5, 0.6) is 11.5 Å². The van der Waals surface area contributed by atoms with Gasteiger partial charge in [-0.05, 0) is 17.7 Å². The highest BCUT2D eigenvalue weighted by Crippen LogP contribution is 2.35. The number of methoxy groups -OCH3 is 2. The van der Waals surface area contributed by atoms with E-state index in [1.165, 1.54) is 32.4 Å². The summed E-state index contributed by atoms with van der Waals surface area (Å²) in [5.74, 6) is 5.46. The van der Waals surface area contributed by atoms with Crippen molar-refractivity contribution in [2.45, 2.75) is 12.2 Å². The molecule has 1 aromatic carbocycles. The summed E-state index contributed by atoms with van der Waals surface area (Å²) in [7, 11) is 2.72. The SMILES string of the molecule is COc1cc(OC)cc(C(NN)C(F)(F)F)c1. The van der Waals surface area contributed by atoms with Crippen LogP contribution < -0.4 is 20.7 Å². The van der Waals surface area contributed by atoms with Crippen molar-refractivity contribution >= 4 is 0 Å². The normalized spacial score (nSPS) is 13.3. The molecule has 4 nitrogen and oxygen atoms in total. The van der Waals surface area contributed by atoms with Crippen molar-refractivity contribution < 1.29 is 22.6 Å². The first-order chi connectivity index (χ1) is 7.92. The molecular formula is C10H13F3N2O2. The molecule has 0 saturated carbocycles. The van der Waals surface area contributed by atoms with Crippen molar-refractivity contribution in [3.05, 3.63) is 23.8 Å². The molecule has 0 saturated heterocycles. The lowest BCUT2D eigenvalue weighted by Gasteiger charge is -2.20. The molecule has 0 fully saturated rings. The van der Waals surface area contributed by atoms with Crippen molar-refractivity contribution in [2.24, 2.45) is 5.84 Å². The van der Waals surface area contributed by atoms with Gasteiger partial charge in [-0.3, -0.25) is 5.84 Å². The van der Waals surface area contributed by atoms with Crippen LogP contribution in [0.3, 0.4) is 0 Å². The molecule has 0 radical (unpaired) electrons. The fourth-order valence-electron chi connectivity index (χ4n) is 1.38. The number of alkyl halides is 3. The summed E-state index contributed by atoms with van der Waals surface area (Å²) in [6, 6.07) is 2.01. The molecule has 0 heterocycles. The molecule has 0 aromatic heterocycles. The van der Waals surface area contributed by atoms with Crippen molar-refractivity contribution in [3.63, 3.8) is 0 Å². The van der Waals surface area contributed by atoms with E-state index < -0.39 is 12.2 Å². The zero-order chi connectivity index (χ0) is 13.1. The number of hydrazine groups is 1. The Morgan fingerprint density at radius 1 is 1.12 bits per heavy atom. The third-order valence-electron chi connectivity index (χ3n) is 2.20. The van der Waals surface area contributed by atoms with Gasteiger partial charge in [0.05, 0.1) is 14.2 Å². The minimum Gasteiger partial charge on any atom is -0.497 e. The van der Waals surface area contributed by atoms with Gasteiger partial charge < -0.3 is 9.47 Å². The first-order valence-electron chi connectivity index (χ1n) is 4.68. The third kappa shape index (κ3) is 3.24. The molecule has 17 heavy (non-hydrogen) atoms. The van der Waals surface area contributed by atoms with Gasteiger partial charge in [-0.2, -0.15) is 13.2 Å². The minimum absolute atomic E-state index is 0.0730. The lowest BCUT2D eigenvalue weighted by Crippen LogP contribution is -2.38. The van der Waals surface area contributed by atoms with Gasteiger partial charge >= 0.3 is 6.18 Å². The highest BCUT2D eigenvalue weighted by atomic mass is 19.4. The first kappa shape index (κ1) is 13.6. The van der Waals surface area contributed by atoms with Gasteiger partial charge in [-0.15, -0.1) is 0 Å². The Morgan fingerprint density at radius 2 is 1.59 bits per heavy atom. The summed E-state index contributed by atoms with van der Waals surface area (Å²) < 4.78 is 47.7. The molecule has 0 amide bonds. The zero-order valence-corrected chi connectivity index (χ0v) is 9.34. The summed E-state index contributed by atoms with van der Waals surface area (Å²) in [5, 5.41) is 0. The molecule has 7 heteroatoms. The Kier molecular flexibility index (Phi) is 4.19. The second-order valence-electron chi connectivity index (χ2n) is 3.29. The van der Waals surface area contributed by atoms with E-state index in [-0.39, 0.29) is 17.1 Å². The number of nitrogens with two attached hydrogens (primary N) is 1. The van der Waals surface area contributed by atoms with Crippen LogP contribution in [0.15, 0.2) is 18.2 Å². The van der Waals surface area contributed by atoms with E-state index in [1.807, 2.05) is 0 Å². The van der Waals surface area contributed by atoms with Crippen LogP contribution in [-0.2, 0) is 0 Å². The van der Waals surface area contributed by atoms with Crippen molar-refractivity contribution in [3.8, 4) is 11.5 Å².